The van der Waals surface area contributed by atoms with Crippen molar-refractivity contribution in [2.75, 3.05) is 0 Å². The van der Waals surface area contributed by atoms with E-state index in [-0.39, 0.29) is 0 Å². The number of rotatable bonds is 9. The highest BCUT2D eigenvalue weighted by Gasteiger charge is 2.01. The number of unbranched alkanes of at least 4 members (excludes halogenated alkanes) is 3. The van der Waals surface area contributed by atoms with Crippen molar-refractivity contribution in [3.8, 4) is 0 Å². The van der Waals surface area contributed by atoms with Crippen LogP contribution in [0.1, 0.15) is 76.0 Å². The Kier molecular flexibility index (Phi) is 9.28. The lowest BCUT2D eigenvalue weighted by atomic mass is 9.98. The fourth-order valence-electron chi connectivity index (χ4n) is 2.13. The summed E-state index contributed by atoms with van der Waals surface area (Å²) < 4.78 is 0. The Balaban J connectivity index is 3.07. The van der Waals surface area contributed by atoms with Gasteiger partial charge in [0.25, 0.3) is 0 Å². The molecule has 1 radical (unpaired) electrons. The van der Waals surface area contributed by atoms with Crippen molar-refractivity contribution < 1.29 is 0 Å². The molecule has 0 heteroatoms. The van der Waals surface area contributed by atoms with Crippen LogP contribution in [0.5, 0.6) is 0 Å². The maximum absolute atomic E-state index is 3.38. The van der Waals surface area contributed by atoms with Crippen LogP contribution in [0.3, 0.4) is 0 Å². The summed E-state index contributed by atoms with van der Waals surface area (Å²) in [5.74, 6) is 0. The van der Waals surface area contributed by atoms with Crippen molar-refractivity contribution in [3.05, 3.63) is 53.1 Å². The monoisotopic (exact) mass is 281 g/mol. The summed E-state index contributed by atoms with van der Waals surface area (Å²) >= 11 is 0. The van der Waals surface area contributed by atoms with Crippen LogP contribution in [0.15, 0.2) is 30.4 Å². The summed E-state index contributed by atoms with van der Waals surface area (Å²) in [5, 5.41) is 0. The van der Waals surface area contributed by atoms with Gasteiger partial charge in [-0.25, -0.2) is 0 Å². The van der Waals surface area contributed by atoms with E-state index < -0.39 is 0 Å². The third-order valence-electron chi connectivity index (χ3n) is 3.34. The molecular formula is C21H29. The van der Waals surface area contributed by atoms with Gasteiger partial charge in [0.1, 0.15) is 0 Å². The van der Waals surface area contributed by atoms with Crippen LogP contribution in [0.4, 0.5) is 0 Å². The first-order valence-corrected chi connectivity index (χ1v) is 8.37. The minimum Gasteiger partial charge on any atom is -0.0839 e. The molecule has 113 valence electrons. The SMILES string of the molecule is CCCC=Cc1[c]ccc(C=CCCC)c1C=CCCC. The van der Waals surface area contributed by atoms with E-state index in [0.717, 1.165) is 19.3 Å². The first-order chi connectivity index (χ1) is 10.3. The highest BCUT2D eigenvalue weighted by atomic mass is 14.1. The van der Waals surface area contributed by atoms with Crippen LogP contribution in [-0.4, -0.2) is 0 Å². The molecule has 0 unspecified atom stereocenters. The zero-order valence-electron chi connectivity index (χ0n) is 13.9. The highest BCUT2D eigenvalue weighted by Crippen LogP contribution is 2.20. The Morgan fingerprint density at radius 1 is 0.810 bits per heavy atom. The van der Waals surface area contributed by atoms with Gasteiger partial charge in [0.15, 0.2) is 0 Å². The first kappa shape index (κ1) is 17.5. The van der Waals surface area contributed by atoms with Gasteiger partial charge in [0.05, 0.1) is 0 Å². The minimum absolute atomic E-state index is 1.13. The van der Waals surface area contributed by atoms with Crippen LogP contribution in [-0.2, 0) is 0 Å². The van der Waals surface area contributed by atoms with Crippen molar-refractivity contribution >= 4 is 18.2 Å². The second kappa shape index (κ2) is 11.1. The van der Waals surface area contributed by atoms with E-state index in [4.69, 9.17) is 0 Å². The fraction of sp³-hybridized carbons (Fsp3) is 0.429. The van der Waals surface area contributed by atoms with E-state index in [9.17, 15) is 0 Å². The zero-order chi connectivity index (χ0) is 15.3. The van der Waals surface area contributed by atoms with Crippen molar-refractivity contribution in [1.29, 1.82) is 0 Å². The molecule has 0 aliphatic heterocycles. The van der Waals surface area contributed by atoms with E-state index in [1.54, 1.807) is 0 Å². The lowest BCUT2D eigenvalue weighted by Gasteiger charge is -2.06. The summed E-state index contributed by atoms with van der Waals surface area (Å²) in [4.78, 5) is 0. The first-order valence-electron chi connectivity index (χ1n) is 8.37. The number of hydrogen-bond donors (Lipinski definition) is 0. The molecule has 1 aromatic rings. The third kappa shape index (κ3) is 6.62. The molecule has 0 amide bonds. The molecule has 0 bridgehead atoms. The lowest BCUT2D eigenvalue weighted by Crippen LogP contribution is -1.87. The molecule has 0 aromatic heterocycles. The number of allylic oxidation sites excluding steroid dienone is 3. The molecule has 0 saturated heterocycles. The molecule has 1 rings (SSSR count). The summed E-state index contributed by atoms with van der Waals surface area (Å²) in [6, 6.07) is 7.58. The van der Waals surface area contributed by atoms with E-state index in [0.29, 0.717) is 0 Å². The Bertz CT molecular complexity index is 441. The van der Waals surface area contributed by atoms with E-state index in [1.165, 1.54) is 36.0 Å². The van der Waals surface area contributed by atoms with E-state index in [2.05, 4.69) is 69.4 Å². The molecule has 0 spiro atoms. The Hall–Kier alpha value is -1.56. The standard InChI is InChI=1S/C21H29/c1-4-7-10-14-19-16-13-17-20(15-11-8-5-2)21(19)18-12-9-6-3/h10-16,18H,4-9H2,1-3H3. The predicted molar refractivity (Wildman–Crippen MR) is 97.1 cm³/mol. The van der Waals surface area contributed by atoms with Gasteiger partial charge in [-0.05, 0) is 42.0 Å². The fourth-order valence-corrected chi connectivity index (χ4v) is 2.13. The second-order valence-corrected chi connectivity index (χ2v) is 5.33. The highest BCUT2D eigenvalue weighted by molar-refractivity contribution is 5.73. The van der Waals surface area contributed by atoms with Gasteiger partial charge in [-0.15, -0.1) is 0 Å². The molecule has 0 heterocycles. The molecule has 0 N–H and O–H groups in total. The largest absolute Gasteiger partial charge is 0.0839 e. The van der Waals surface area contributed by atoms with Crippen LogP contribution < -0.4 is 0 Å². The second-order valence-electron chi connectivity index (χ2n) is 5.33. The molecule has 0 nitrogen and oxygen atoms in total. The Labute approximate surface area is 131 Å². The Morgan fingerprint density at radius 2 is 1.38 bits per heavy atom. The average Bonchev–Trinajstić information content (AvgIpc) is 2.50. The number of hydrogen-bond acceptors (Lipinski definition) is 0. The maximum Gasteiger partial charge on any atom is -0.00989 e. The molecule has 0 aliphatic carbocycles. The van der Waals surface area contributed by atoms with Gasteiger partial charge in [0, 0.05) is 0 Å². The van der Waals surface area contributed by atoms with Gasteiger partial charge in [0.2, 0.25) is 0 Å². The zero-order valence-corrected chi connectivity index (χ0v) is 13.9. The Morgan fingerprint density at radius 3 is 2.00 bits per heavy atom. The van der Waals surface area contributed by atoms with Crippen molar-refractivity contribution in [2.45, 2.75) is 59.3 Å². The molecule has 0 saturated carbocycles. The lowest BCUT2D eigenvalue weighted by molar-refractivity contribution is 0.961. The molecule has 0 fully saturated rings. The average molecular weight is 281 g/mol. The van der Waals surface area contributed by atoms with Gasteiger partial charge in [-0.1, -0.05) is 88.6 Å². The minimum atomic E-state index is 1.13. The summed E-state index contributed by atoms with van der Waals surface area (Å²) in [7, 11) is 0. The normalized spacial score (nSPS) is 12.1. The summed E-state index contributed by atoms with van der Waals surface area (Å²) in [5.41, 5.74) is 3.80. The molecule has 0 aliphatic rings. The molecular weight excluding hydrogens is 252 g/mol. The van der Waals surface area contributed by atoms with Crippen molar-refractivity contribution in [1.82, 2.24) is 0 Å². The van der Waals surface area contributed by atoms with Crippen LogP contribution in [0.25, 0.3) is 18.2 Å². The number of benzene rings is 1. The van der Waals surface area contributed by atoms with Crippen LogP contribution in [0, 0.1) is 6.07 Å². The van der Waals surface area contributed by atoms with Gasteiger partial charge in [-0.3, -0.25) is 0 Å². The topological polar surface area (TPSA) is 0 Å². The smallest absolute Gasteiger partial charge is 0.00989 e. The summed E-state index contributed by atoms with van der Waals surface area (Å²) in [6.45, 7) is 6.63. The van der Waals surface area contributed by atoms with Crippen molar-refractivity contribution in [3.63, 3.8) is 0 Å². The van der Waals surface area contributed by atoms with E-state index >= 15 is 0 Å². The van der Waals surface area contributed by atoms with Crippen LogP contribution in [0.2, 0.25) is 0 Å². The summed E-state index contributed by atoms with van der Waals surface area (Å²) in [6.07, 6.45) is 20.5. The van der Waals surface area contributed by atoms with Crippen LogP contribution >= 0.6 is 0 Å². The quantitative estimate of drug-likeness (QED) is 0.460. The third-order valence-corrected chi connectivity index (χ3v) is 3.34. The molecule has 21 heavy (non-hydrogen) atoms. The predicted octanol–water partition coefficient (Wildman–Crippen LogP) is 6.93. The molecule has 0 atom stereocenters. The van der Waals surface area contributed by atoms with Crippen molar-refractivity contribution in [2.24, 2.45) is 0 Å². The van der Waals surface area contributed by atoms with E-state index in [1.807, 2.05) is 6.07 Å². The maximum atomic E-state index is 3.38. The van der Waals surface area contributed by atoms with Gasteiger partial charge >= 0.3 is 0 Å². The van der Waals surface area contributed by atoms with Gasteiger partial charge < -0.3 is 0 Å². The molecule has 1 aromatic carbocycles. The van der Waals surface area contributed by atoms with Gasteiger partial charge in [-0.2, -0.15) is 0 Å².